The number of aromatic amines is 2. The van der Waals surface area contributed by atoms with Gasteiger partial charge in [0, 0.05) is 41.4 Å². The van der Waals surface area contributed by atoms with Crippen molar-refractivity contribution in [1.29, 1.82) is 0 Å². The second kappa shape index (κ2) is 6.01. The van der Waals surface area contributed by atoms with Crippen molar-refractivity contribution in [1.82, 2.24) is 20.1 Å². The summed E-state index contributed by atoms with van der Waals surface area (Å²) >= 11 is 0. The normalized spacial score (nSPS) is 17.8. The van der Waals surface area contributed by atoms with Gasteiger partial charge in [-0.2, -0.15) is 5.10 Å². The van der Waals surface area contributed by atoms with Gasteiger partial charge in [-0.3, -0.25) is 9.89 Å². The summed E-state index contributed by atoms with van der Waals surface area (Å²) in [6.07, 6.45) is 7.33. The van der Waals surface area contributed by atoms with E-state index in [1.54, 1.807) is 0 Å². The number of H-pyrrole nitrogens is 2. The van der Waals surface area contributed by atoms with Crippen LogP contribution in [0.5, 0.6) is 0 Å². The van der Waals surface area contributed by atoms with Crippen molar-refractivity contribution in [3.05, 3.63) is 52.5 Å². The molecule has 5 heteroatoms. The highest BCUT2D eigenvalue weighted by Gasteiger charge is 2.30. The quantitative estimate of drug-likeness (QED) is 0.741. The first-order chi connectivity index (χ1) is 12.7. The zero-order chi connectivity index (χ0) is 17.7. The van der Waals surface area contributed by atoms with Gasteiger partial charge in [-0.15, -0.1) is 0 Å². The molecule has 1 aliphatic heterocycles. The number of fused-ring (bicyclic) bond motifs is 2. The Labute approximate surface area is 152 Å². The lowest BCUT2D eigenvalue weighted by Crippen LogP contribution is -2.38. The van der Waals surface area contributed by atoms with Gasteiger partial charge in [0.15, 0.2) is 5.69 Å². The number of nitrogens with one attached hydrogen (secondary N) is 2. The molecule has 3 heterocycles. The number of amides is 1. The average Bonchev–Trinajstić information content (AvgIpc) is 3.36. The Bertz CT molecular complexity index is 975. The Morgan fingerprint density at radius 2 is 2.08 bits per heavy atom. The van der Waals surface area contributed by atoms with Crippen LogP contribution in [0.2, 0.25) is 0 Å². The summed E-state index contributed by atoms with van der Waals surface area (Å²) in [6.45, 7) is 3.74. The lowest BCUT2D eigenvalue weighted by molar-refractivity contribution is 0.0706. The Morgan fingerprint density at radius 3 is 2.92 bits per heavy atom. The number of carbonyl (C=O) groups is 1. The van der Waals surface area contributed by atoms with E-state index >= 15 is 0 Å². The fraction of sp³-hybridized carbons (Fsp3) is 0.429. The molecule has 2 N–H and O–H groups in total. The second-order valence-electron chi connectivity index (χ2n) is 7.74. The predicted molar refractivity (Wildman–Crippen MR) is 102 cm³/mol. The molecule has 0 unspecified atom stereocenters. The molecule has 0 atom stereocenters. The first-order valence-electron chi connectivity index (χ1n) is 9.64. The first kappa shape index (κ1) is 15.7. The number of benzene rings is 1. The fourth-order valence-corrected chi connectivity index (χ4v) is 4.64. The van der Waals surface area contributed by atoms with E-state index in [0.717, 1.165) is 56.5 Å². The molecule has 5 nitrogen and oxygen atoms in total. The maximum Gasteiger partial charge on any atom is 0.274 e. The summed E-state index contributed by atoms with van der Waals surface area (Å²) in [5.74, 6) is 0.623. The molecule has 0 saturated carbocycles. The lowest BCUT2D eigenvalue weighted by Gasteiger charge is -2.31. The third kappa shape index (κ3) is 2.45. The van der Waals surface area contributed by atoms with E-state index in [1.807, 2.05) is 4.90 Å². The number of aromatic nitrogens is 3. The Hall–Kier alpha value is -2.56. The number of piperidine rings is 1. The van der Waals surface area contributed by atoms with E-state index in [1.165, 1.54) is 22.0 Å². The van der Waals surface area contributed by atoms with Gasteiger partial charge < -0.3 is 9.88 Å². The molecule has 1 aromatic carbocycles. The van der Waals surface area contributed by atoms with E-state index in [2.05, 4.69) is 46.5 Å². The van der Waals surface area contributed by atoms with Crippen LogP contribution >= 0.6 is 0 Å². The third-order valence-corrected chi connectivity index (χ3v) is 6.10. The Balaban J connectivity index is 1.32. The van der Waals surface area contributed by atoms with Gasteiger partial charge >= 0.3 is 0 Å². The van der Waals surface area contributed by atoms with Gasteiger partial charge in [0.05, 0.1) is 0 Å². The lowest BCUT2D eigenvalue weighted by atomic mass is 9.89. The van der Waals surface area contributed by atoms with E-state index in [9.17, 15) is 4.79 Å². The standard InChI is InChI=1S/C21H24N4O/c1-13-5-6-15-17(12-22-19(15)11-13)14-7-9-25(10-8-14)21(26)20-16-3-2-4-18(16)23-24-20/h5-6,11-12,14,22H,2-4,7-10H2,1H3,(H,23,24). The maximum atomic E-state index is 12.9. The molecule has 2 aliphatic rings. The highest BCUT2D eigenvalue weighted by molar-refractivity contribution is 5.94. The molecular weight excluding hydrogens is 324 g/mol. The number of carbonyl (C=O) groups excluding carboxylic acids is 1. The molecule has 0 bridgehead atoms. The number of rotatable bonds is 2. The van der Waals surface area contributed by atoms with Gasteiger partial charge in [0.25, 0.3) is 5.91 Å². The fourth-order valence-electron chi connectivity index (χ4n) is 4.64. The molecule has 2 aromatic heterocycles. The second-order valence-corrected chi connectivity index (χ2v) is 7.74. The molecule has 26 heavy (non-hydrogen) atoms. The van der Waals surface area contributed by atoms with E-state index in [0.29, 0.717) is 11.6 Å². The summed E-state index contributed by atoms with van der Waals surface area (Å²) in [6, 6.07) is 6.60. The molecule has 0 radical (unpaired) electrons. The highest BCUT2D eigenvalue weighted by Crippen LogP contribution is 2.34. The van der Waals surface area contributed by atoms with Crippen molar-refractivity contribution >= 4 is 16.8 Å². The van der Waals surface area contributed by atoms with Crippen LogP contribution in [0.25, 0.3) is 10.9 Å². The van der Waals surface area contributed by atoms with Gasteiger partial charge in [0.2, 0.25) is 0 Å². The number of hydrogen-bond acceptors (Lipinski definition) is 2. The summed E-state index contributed by atoms with van der Waals surface area (Å²) in [4.78, 5) is 18.3. The van der Waals surface area contributed by atoms with Crippen molar-refractivity contribution in [3.8, 4) is 0 Å². The van der Waals surface area contributed by atoms with E-state index < -0.39 is 0 Å². The van der Waals surface area contributed by atoms with Gasteiger partial charge in [0.1, 0.15) is 0 Å². The van der Waals surface area contributed by atoms with Crippen LogP contribution in [-0.2, 0) is 12.8 Å². The van der Waals surface area contributed by atoms with Crippen molar-refractivity contribution in [2.75, 3.05) is 13.1 Å². The minimum atomic E-state index is 0.109. The number of likely N-dealkylation sites (tertiary alicyclic amines) is 1. The van der Waals surface area contributed by atoms with Crippen molar-refractivity contribution < 1.29 is 4.79 Å². The van der Waals surface area contributed by atoms with Crippen LogP contribution in [0, 0.1) is 6.92 Å². The van der Waals surface area contributed by atoms with Crippen molar-refractivity contribution in [2.24, 2.45) is 0 Å². The van der Waals surface area contributed by atoms with E-state index in [-0.39, 0.29) is 5.91 Å². The molecule has 3 aromatic rings. The van der Waals surface area contributed by atoms with Gasteiger partial charge in [-0.25, -0.2) is 0 Å². The minimum Gasteiger partial charge on any atom is -0.361 e. The molecule has 5 rings (SSSR count). The monoisotopic (exact) mass is 348 g/mol. The highest BCUT2D eigenvalue weighted by atomic mass is 16.2. The third-order valence-electron chi connectivity index (χ3n) is 6.10. The minimum absolute atomic E-state index is 0.109. The Morgan fingerprint density at radius 1 is 1.23 bits per heavy atom. The average molecular weight is 348 g/mol. The smallest absolute Gasteiger partial charge is 0.274 e. The zero-order valence-electron chi connectivity index (χ0n) is 15.1. The Kier molecular flexibility index (Phi) is 3.62. The first-order valence-corrected chi connectivity index (χ1v) is 9.64. The van der Waals surface area contributed by atoms with E-state index in [4.69, 9.17) is 0 Å². The summed E-state index contributed by atoms with van der Waals surface area (Å²) in [7, 11) is 0. The summed E-state index contributed by atoms with van der Waals surface area (Å²) < 4.78 is 0. The molecule has 1 saturated heterocycles. The molecular formula is C21H24N4O. The molecule has 1 amide bonds. The topological polar surface area (TPSA) is 64.8 Å². The number of aryl methyl sites for hydroxylation is 2. The maximum absolute atomic E-state index is 12.9. The largest absolute Gasteiger partial charge is 0.361 e. The van der Waals surface area contributed by atoms with Crippen LogP contribution in [0.4, 0.5) is 0 Å². The number of hydrogen-bond donors (Lipinski definition) is 2. The van der Waals surface area contributed by atoms with Crippen LogP contribution in [-0.4, -0.2) is 39.1 Å². The van der Waals surface area contributed by atoms with Crippen molar-refractivity contribution in [3.63, 3.8) is 0 Å². The summed E-state index contributed by atoms with van der Waals surface area (Å²) in [5, 5.41) is 8.69. The summed E-state index contributed by atoms with van der Waals surface area (Å²) in [5.41, 5.74) is 6.87. The molecule has 0 spiro atoms. The molecule has 1 fully saturated rings. The van der Waals surface area contributed by atoms with Gasteiger partial charge in [-0.1, -0.05) is 12.1 Å². The van der Waals surface area contributed by atoms with Crippen LogP contribution in [0.15, 0.2) is 24.4 Å². The predicted octanol–water partition coefficient (Wildman–Crippen LogP) is 3.71. The number of nitrogens with zero attached hydrogens (tertiary/aromatic N) is 2. The van der Waals surface area contributed by atoms with Crippen LogP contribution < -0.4 is 0 Å². The molecule has 1 aliphatic carbocycles. The van der Waals surface area contributed by atoms with Crippen LogP contribution in [0.1, 0.15) is 58.1 Å². The van der Waals surface area contributed by atoms with Crippen molar-refractivity contribution in [2.45, 2.75) is 44.9 Å². The molecule has 134 valence electrons. The zero-order valence-corrected chi connectivity index (χ0v) is 15.1. The van der Waals surface area contributed by atoms with Gasteiger partial charge in [-0.05, 0) is 62.1 Å². The van der Waals surface area contributed by atoms with Crippen LogP contribution in [0.3, 0.4) is 0 Å². The SMILES string of the molecule is Cc1ccc2c(C3CCN(C(=O)c4n[nH]c5c4CCC5)CC3)c[nH]c2c1.